The molecule has 6 nitrogen and oxygen atoms in total. The summed E-state index contributed by atoms with van der Waals surface area (Å²) in [5, 5.41) is 5.98. The first-order valence-electron chi connectivity index (χ1n) is 9.74. The number of hydrogen-bond donors (Lipinski definition) is 2. The van der Waals surface area contributed by atoms with E-state index in [1.807, 2.05) is 4.90 Å². The SMILES string of the molecule is O=C(CNCC1CCCO1)Nc1ccc(C(=O)N2CCCCCC2)cc1. The van der Waals surface area contributed by atoms with Crippen LogP contribution in [0.4, 0.5) is 5.69 Å². The third-order valence-corrected chi connectivity index (χ3v) is 4.99. The van der Waals surface area contributed by atoms with Gasteiger partial charge in [0.05, 0.1) is 12.6 Å². The van der Waals surface area contributed by atoms with Crippen LogP contribution in [0.15, 0.2) is 24.3 Å². The molecular weight excluding hydrogens is 330 g/mol. The van der Waals surface area contributed by atoms with Crippen LogP contribution in [0, 0.1) is 0 Å². The maximum atomic E-state index is 12.6. The van der Waals surface area contributed by atoms with Gasteiger partial charge < -0.3 is 20.3 Å². The van der Waals surface area contributed by atoms with Crippen LogP contribution in [0.3, 0.4) is 0 Å². The Morgan fingerprint density at radius 1 is 1.04 bits per heavy atom. The maximum absolute atomic E-state index is 12.6. The van der Waals surface area contributed by atoms with Gasteiger partial charge in [-0.05, 0) is 49.9 Å². The van der Waals surface area contributed by atoms with Crippen LogP contribution in [-0.2, 0) is 9.53 Å². The minimum absolute atomic E-state index is 0.0861. The van der Waals surface area contributed by atoms with E-state index in [1.54, 1.807) is 24.3 Å². The number of carbonyl (C=O) groups excluding carboxylic acids is 2. The normalized spacial score (nSPS) is 20.6. The van der Waals surface area contributed by atoms with Gasteiger partial charge in [-0.1, -0.05) is 12.8 Å². The largest absolute Gasteiger partial charge is 0.377 e. The van der Waals surface area contributed by atoms with Gasteiger partial charge in [-0.25, -0.2) is 0 Å². The molecular formula is C20H29N3O3. The second-order valence-corrected chi connectivity index (χ2v) is 7.10. The van der Waals surface area contributed by atoms with Crippen molar-refractivity contribution < 1.29 is 14.3 Å². The number of ether oxygens (including phenoxy) is 1. The fraction of sp³-hybridized carbons (Fsp3) is 0.600. The number of amides is 2. The zero-order valence-corrected chi connectivity index (χ0v) is 15.3. The van der Waals surface area contributed by atoms with Crippen molar-refractivity contribution in [2.75, 3.05) is 38.1 Å². The molecule has 1 aromatic rings. The Morgan fingerprint density at radius 2 is 1.77 bits per heavy atom. The molecule has 2 fully saturated rings. The molecule has 2 heterocycles. The zero-order chi connectivity index (χ0) is 18.2. The van der Waals surface area contributed by atoms with Crippen molar-refractivity contribution in [2.45, 2.75) is 44.6 Å². The van der Waals surface area contributed by atoms with Crippen LogP contribution < -0.4 is 10.6 Å². The molecule has 0 saturated carbocycles. The summed E-state index contributed by atoms with van der Waals surface area (Å²) in [6, 6.07) is 7.18. The highest BCUT2D eigenvalue weighted by molar-refractivity contribution is 5.96. The van der Waals surface area contributed by atoms with Crippen molar-refractivity contribution in [3.05, 3.63) is 29.8 Å². The molecule has 142 valence electrons. The standard InChI is InChI=1S/C20H29N3O3/c24-19(15-21-14-18-6-5-13-26-18)22-17-9-7-16(8-10-17)20(25)23-11-3-1-2-4-12-23/h7-10,18,21H,1-6,11-15H2,(H,22,24). The van der Waals surface area contributed by atoms with E-state index in [4.69, 9.17) is 4.74 Å². The molecule has 2 saturated heterocycles. The highest BCUT2D eigenvalue weighted by Gasteiger charge is 2.17. The van der Waals surface area contributed by atoms with Gasteiger partial charge in [-0.15, -0.1) is 0 Å². The molecule has 0 bridgehead atoms. The van der Waals surface area contributed by atoms with Crippen molar-refractivity contribution in [1.29, 1.82) is 0 Å². The molecule has 0 spiro atoms. The van der Waals surface area contributed by atoms with Crippen LogP contribution in [0.1, 0.15) is 48.9 Å². The Bertz CT molecular complexity index is 589. The second kappa shape index (κ2) is 9.69. The summed E-state index contributed by atoms with van der Waals surface area (Å²) < 4.78 is 5.52. The second-order valence-electron chi connectivity index (χ2n) is 7.10. The van der Waals surface area contributed by atoms with Crippen LogP contribution >= 0.6 is 0 Å². The first-order chi connectivity index (χ1) is 12.7. The summed E-state index contributed by atoms with van der Waals surface area (Å²) in [6.07, 6.45) is 6.96. The van der Waals surface area contributed by atoms with Gasteiger partial charge in [0.1, 0.15) is 0 Å². The predicted octanol–water partition coefficient (Wildman–Crippen LogP) is 2.41. The van der Waals surface area contributed by atoms with E-state index in [9.17, 15) is 9.59 Å². The fourth-order valence-electron chi connectivity index (χ4n) is 3.51. The topological polar surface area (TPSA) is 70.7 Å². The van der Waals surface area contributed by atoms with E-state index >= 15 is 0 Å². The van der Waals surface area contributed by atoms with Gasteiger partial charge >= 0.3 is 0 Å². The molecule has 1 atom stereocenters. The van der Waals surface area contributed by atoms with E-state index in [2.05, 4.69) is 10.6 Å². The van der Waals surface area contributed by atoms with Crippen molar-refractivity contribution >= 4 is 17.5 Å². The van der Waals surface area contributed by atoms with Gasteiger partial charge in [-0.2, -0.15) is 0 Å². The average molecular weight is 359 g/mol. The molecule has 3 rings (SSSR count). The van der Waals surface area contributed by atoms with E-state index < -0.39 is 0 Å². The first kappa shape index (κ1) is 18.9. The van der Waals surface area contributed by atoms with Crippen molar-refractivity contribution in [1.82, 2.24) is 10.2 Å². The molecule has 6 heteroatoms. The fourth-order valence-corrected chi connectivity index (χ4v) is 3.51. The molecule has 0 aromatic heterocycles. The Kier molecular flexibility index (Phi) is 7.03. The van der Waals surface area contributed by atoms with Gasteiger partial charge in [0.15, 0.2) is 0 Å². The third kappa shape index (κ3) is 5.54. The van der Waals surface area contributed by atoms with Crippen LogP contribution in [-0.4, -0.2) is 55.6 Å². The number of benzene rings is 1. The summed E-state index contributed by atoms with van der Waals surface area (Å²) in [7, 11) is 0. The van der Waals surface area contributed by atoms with Crippen LogP contribution in [0.2, 0.25) is 0 Å². The molecule has 26 heavy (non-hydrogen) atoms. The monoisotopic (exact) mass is 359 g/mol. The molecule has 0 radical (unpaired) electrons. The van der Waals surface area contributed by atoms with E-state index in [1.165, 1.54) is 12.8 Å². The Labute approximate surface area is 155 Å². The van der Waals surface area contributed by atoms with Gasteiger partial charge in [-0.3, -0.25) is 9.59 Å². The maximum Gasteiger partial charge on any atom is 0.253 e. The number of likely N-dealkylation sites (tertiary alicyclic amines) is 1. The number of anilines is 1. The van der Waals surface area contributed by atoms with E-state index in [0.29, 0.717) is 17.8 Å². The van der Waals surface area contributed by atoms with Crippen molar-refractivity contribution in [3.63, 3.8) is 0 Å². The van der Waals surface area contributed by atoms with E-state index in [-0.39, 0.29) is 24.5 Å². The Morgan fingerprint density at radius 3 is 2.42 bits per heavy atom. The lowest BCUT2D eigenvalue weighted by Gasteiger charge is -2.20. The summed E-state index contributed by atoms with van der Waals surface area (Å²) >= 11 is 0. The summed E-state index contributed by atoms with van der Waals surface area (Å²) in [6.45, 7) is 3.47. The van der Waals surface area contributed by atoms with Crippen LogP contribution in [0.25, 0.3) is 0 Å². The Balaban J connectivity index is 1.44. The number of hydrogen-bond acceptors (Lipinski definition) is 4. The molecule has 0 aliphatic carbocycles. The number of rotatable bonds is 6. The van der Waals surface area contributed by atoms with Crippen molar-refractivity contribution in [2.24, 2.45) is 0 Å². The minimum atomic E-state index is -0.0883. The smallest absolute Gasteiger partial charge is 0.253 e. The van der Waals surface area contributed by atoms with Crippen molar-refractivity contribution in [3.8, 4) is 0 Å². The molecule has 2 aliphatic heterocycles. The van der Waals surface area contributed by atoms with Gasteiger partial charge in [0, 0.05) is 37.5 Å². The quantitative estimate of drug-likeness (QED) is 0.818. The highest BCUT2D eigenvalue weighted by atomic mass is 16.5. The summed E-state index contributed by atoms with van der Waals surface area (Å²) in [4.78, 5) is 26.5. The number of carbonyl (C=O) groups is 2. The molecule has 1 aromatic carbocycles. The molecule has 2 amide bonds. The summed E-state index contributed by atoms with van der Waals surface area (Å²) in [5.41, 5.74) is 1.39. The third-order valence-electron chi connectivity index (χ3n) is 4.99. The number of nitrogens with one attached hydrogen (secondary N) is 2. The minimum Gasteiger partial charge on any atom is -0.377 e. The first-order valence-corrected chi connectivity index (χ1v) is 9.74. The summed E-state index contributed by atoms with van der Waals surface area (Å²) in [5.74, 6) is -0.00222. The lowest BCUT2D eigenvalue weighted by molar-refractivity contribution is -0.115. The zero-order valence-electron chi connectivity index (χ0n) is 15.3. The Hall–Kier alpha value is -1.92. The molecule has 1 unspecified atom stereocenters. The lowest BCUT2D eigenvalue weighted by Crippen LogP contribution is -2.33. The number of nitrogens with zero attached hydrogens (tertiary/aromatic N) is 1. The van der Waals surface area contributed by atoms with Gasteiger partial charge in [0.2, 0.25) is 5.91 Å². The average Bonchev–Trinajstić information content (AvgIpc) is 3.02. The lowest BCUT2D eigenvalue weighted by atomic mass is 10.1. The van der Waals surface area contributed by atoms with Crippen LogP contribution in [0.5, 0.6) is 0 Å². The van der Waals surface area contributed by atoms with E-state index in [0.717, 1.165) is 45.4 Å². The highest BCUT2D eigenvalue weighted by Crippen LogP contribution is 2.15. The predicted molar refractivity (Wildman–Crippen MR) is 101 cm³/mol. The van der Waals surface area contributed by atoms with Gasteiger partial charge in [0.25, 0.3) is 5.91 Å². The molecule has 2 N–H and O–H groups in total. The molecule has 2 aliphatic rings.